The molecule has 0 spiro atoms. The molecule has 0 fully saturated rings. The summed E-state index contributed by atoms with van der Waals surface area (Å²) in [5.74, 6) is 0. The van der Waals surface area contributed by atoms with Crippen molar-refractivity contribution in [1.82, 2.24) is 0 Å². The normalized spacial score (nSPS) is 20.0. The van der Waals surface area contributed by atoms with Crippen LogP contribution in [0.4, 0.5) is 34.1 Å². The third kappa shape index (κ3) is 6.28. The molecule has 0 unspecified atom stereocenters. The lowest BCUT2D eigenvalue weighted by atomic mass is 9.33. The van der Waals surface area contributed by atoms with Crippen molar-refractivity contribution in [3.63, 3.8) is 0 Å². The molecule has 13 rings (SSSR count). The summed E-state index contributed by atoms with van der Waals surface area (Å²) in [6, 6.07) is 45.5. The summed E-state index contributed by atoms with van der Waals surface area (Å²) in [5.41, 5.74) is 27.9. The van der Waals surface area contributed by atoms with Gasteiger partial charge >= 0.3 is 0 Å². The van der Waals surface area contributed by atoms with Crippen LogP contribution in [0.3, 0.4) is 0 Å². The fourth-order valence-electron chi connectivity index (χ4n) is 15.0. The smallest absolute Gasteiger partial charge is 0.252 e. The lowest BCUT2D eigenvalue weighted by Gasteiger charge is -2.48. The van der Waals surface area contributed by atoms with E-state index in [-0.39, 0.29) is 39.2 Å². The van der Waals surface area contributed by atoms with E-state index >= 15 is 0 Å². The highest BCUT2D eigenvalue weighted by Gasteiger charge is 2.49. The first-order valence-corrected chi connectivity index (χ1v) is 26.8. The van der Waals surface area contributed by atoms with E-state index in [4.69, 9.17) is 4.42 Å². The van der Waals surface area contributed by atoms with Crippen molar-refractivity contribution in [1.29, 1.82) is 0 Å². The van der Waals surface area contributed by atoms with Crippen LogP contribution in [0.5, 0.6) is 0 Å². The highest BCUT2D eigenvalue weighted by Crippen LogP contribution is 2.57. The molecule has 8 aromatic rings. The number of rotatable bonds is 3. The third-order valence-corrected chi connectivity index (χ3v) is 18.9. The molecule has 0 radical (unpaired) electrons. The predicted molar refractivity (Wildman–Crippen MR) is 304 cm³/mol. The molecule has 3 nitrogen and oxygen atoms in total. The Kier molecular flexibility index (Phi) is 9.08. The molecular weight excluding hydrogens is 860 g/mol. The number of aryl methyl sites for hydroxylation is 2. The quantitative estimate of drug-likeness (QED) is 0.165. The number of furan rings is 1. The first-order chi connectivity index (χ1) is 33.5. The maximum Gasteiger partial charge on any atom is 0.252 e. The lowest BCUT2D eigenvalue weighted by Crippen LogP contribution is -2.62. The lowest BCUT2D eigenvalue weighted by molar-refractivity contribution is 0.332. The van der Waals surface area contributed by atoms with Gasteiger partial charge in [0.2, 0.25) is 0 Å². The van der Waals surface area contributed by atoms with E-state index in [9.17, 15) is 0 Å². The highest BCUT2D eigenvalue weighted by molar-refractivity contribution is 7.00. The molecule has 0 amide bonds. The molecule has 1 aromatic heterocycles. The average molecular weight is 931 g/mol. The molecule has 0 saturated carbocycles. The Hall–Kier alpha value is -6.00. The summed E-state index contributed by atoms with van der Waals surface area (Å²) in [4.78, 5) is 5.45. The minimum absolute atomic E-state index is 0.000793. The van der Waals surface area contributed by atoms with Crippen LogP contribution in [0.15, 0.2) is 120 Å². The summed E-state index contributed by atoms with van der Waals surface area (Å²) in [6.07, 6.45) is 5.76. The van der Waals surface area contributed by atoms with Crippen molar-refractivity contribution in [3.8, 4) is 11.1 Å². The maximum absolute atomic E-state index is 6.90. The van der Waals surface area contributed by atoms with E-state index in [1.165, 1.54) is 112 Å². The Morgan fingerprint density at radius 2 is 0.958 bits per heavy atom. The molecule has 3 aliphatic carbocycles. The number of para-hydroxylation sites is 1. The Balaban J connectivity index is 1.21. The zero-order chi connectivity index (χ0) is 49.7. The van der Waals surface area contributed by atoms with Gasteiger partial charge in [-0.1, -0.05) is 150 Å². The fourth-order valence-corrected chi connectivity index (χ4v) is 15.0. The number of hydrogen-bond acceptors (Lipinski definition) is 3. The summed E-state index contributed by atoms with van der Waals surface area (Å²) in [5, 5.41) is 2.34. The standard InChI is InChI=1S/C67H71BN2O/c1-39-30-55-60-56(31-39)70(53-36-47-45(62(3,4)26-28-64(47,7)8)33-43(53)41-20-16-15-17-21-41)61-50(24-25-58-59(61)42-22-18-19-23-57(42)71-58)68(60)51-34-46-48(65(9,10)29-27-63(46,5)6)37-54(51)69(55)52-35-49-44(32-40(52)2)66(11,12)38-67(49,13)14/h15-25,30-37H,26-29,38H2,1-14H3. The molecule has 3 heterocycles. The topological polar surface area (TPSA) is 19.6 Å². The van der Waals surface area contributed by atoms with Crippen molar-refractivity contribution in [2.75, 3.05) is 9.80 Å². The van der Waals surface area contributed by atoms with E-state index < -0.39 is 0 Å². The monoisotopic (exact) mass is 931 g/mol. The van der Waals surface area contributed by atoms with Crippen LogP contribution in [0.1, 0.15) is 160 Å². The van der Waals surface area contributed by atoms with E-state index in [1.807, 2.05) is 0 Å². The van der Waals surface area contributed by atoms with Gasteiger partial charge in [0.1, 0.15) is 11.2 Å². The summed E-state index contributed by atoms with van der Waals surface area (Å²) in [7, 11) is 0. The van der Waals surface area contributed by atoms with Crippen LogP contribution < -0.4 is 26.2 Å². The first-order valence-electron chi connectivity index (χ1n) is 26.8. The van der Waals surface area contributed by atoms with Gasteiger partial charge in [-0.2, -0.15) is 0 Å². The SMILES string of the molecule is Cc1cc2c3c(c1)N(c1cc4c(cc1-c1ccccc1)C(C)(C)CCC4(C)C)c1c(ccc4oc5ccccc5c14)B3c1cc3c(cc1N2c1cc2c(cc1C)C(C)(C)CC2(C)C)C(C)(C)CCC3(C)C. The van der Waals surface area contributed by atoms with Gasteiger partial charge in [0, 0.05) is 33.7 Å². The van der Waals surface area contributed by atoms with Gasteiger partial charge in [0.15, 0.2) is 0 Å². The number of anilines is 6. The van der Waals surface area contributed by atoms with Crippen LogP contribution in [0.25, 0.3) is 33.1 Å². The molecule has 5 aliphatic rings. The molecule has 71 heavy (non-hydrogen) atoms. The van der Waals surface area contributed by atoms with Crippen LogP contribution in [0, 0.1) is 13.8 Å². The maximum atomic E-state index is 6.90. The van der Waals surface area contributed by atoms with E-state index in [1.54, 1.807) is 0 Å². The Labute approximate surface area is 423 Å². The second kappa shape index (κ2) is 14.4. The predicted octanol–water partition coefficient (Wildman–Crippen LogP) is 16.6. The third-order valence-electron chi connectivity index (χ3n) is 18.9. The van der Waals surface area contributed by atoms with Crippen molar-refractivity contribution in [2.45, 2.75) is 162 Å². The summed E-state index contributed by atoms with van der Waals surface area (Å²) in [6.45, 7) is 34.4. The molecular formula is C67H71BN2O. The Morgan fingerprint density at radius 1 is 0.437 bits per heavy atom. The summed E-state index contributed by atoms with van der Waals surface area (Å²) < 4.78 is 6.90. The molecule has 0 N–H and O–H groups in total. The van der Waals surface area contributed by atoms with Crippen molar-refractivity contribution in [3.05, 3.63) is 160 Å². The van der Waals surface area contributed by atoms with Gasteiger partial charge in [-0.05, 0) is 193 Å². The number of fused-ring (bicyclic) bond motifs is 11. The van der Waals surface area contributed by atoms with Crippen LogP contribution in [-0.4, -0.2) is 6.71 Å². The zero-order valence-electron chi connectivity index (χ0n) is 44.9. The van der Waals surface area contributed by atoms with Gasteiger partial charge in [-0.3, -0.25) is 0 Å². The molecule has 0 atom stereocenters. The average Bonchev–Trinajstić information content (AvgIpc) is 3.78. The Morgan fingerprint density at radius 3 is 1.61 bits per heavy atom. The second-order valence-corrected chi connectivity index (χ2v) is 26.7. The largest absolute Gasteiger partial charge is 0.456 e. The van der Waals surface area contributed by atoms with Crippen molar-refractivity contribution in [2.24, 2.45) is 0 Å². The van der Waals surface area contributed by atoms with E-state index in [2.05, 4.69) is 222 Å². The minimum Gasteiger partial charge on any atom is -0.456 e. The molecule has 0 saturated heterocycles. The number of hydrogen-bond donors (Lipinski definition) is 0. The zero-order valence-corrected chi connectivity index (χ0v) is 44.9. The molecule has 4 heteroatoms. The minimum atomic E-state index is -0.0272. The van der Waals surface area contributed by atoms with Gasteiger partial charge < -0.3 is 14.2 Å². The van der Waals surface area contributed by atoms with E-state index in [0.717, 1.165) is 48.7 Å². The molecule has 358 valence electrons. The van der Waals surface area contributed by atoms with Crippen LogP contribution in [-0.2, 0) is 32.5 Å². The van der Waals surface area contributed by atoms with Gasteiger partial charge in [-0.25, -0.2) is 0 Å². The van der Waals surface area contributed by atoms with Crippen molar-refractivity contribution >= 4 is 79.2 Å². The van der Waals surface area contributed by atoms with Crippen LogP contribution in [0.2, 0.25) is 0 Å². The molecule has 2 aliphatic heterocycles. The molecule has 7 aromatic carbocycles. The first kappa shape index (κ1) is 44.9. The second-order valence-electron chi connectivity index (χ2n) is 26.7. The van der Waals surface area contributed by atoms with Crippen molar-refractivity contribution < 1.29 is 4.42 Å². The fraction of sp³-hybridized carbons (Fsp3) is 0.373. The highest BCUT2D eigenvalue weighted by atomic mass is 16.3. The van der Waals surface area contributed by atoms with Crippen LogP contribution >= 0.6 is 0 Å². The van der Waals surface area contributed by atoms with Gasteiger partial charge in [-0.15, -0.1) is 0 Å². The number of benzene rings is 7. The summed E-state index contributed by atoms with van der Waals surface area (Å²) >= 11 is 0. The number of nitrogens with zero attached hydrogens (tertiary/aromatic N) is 2. The molecule has 0 bridgehead atoms. The van der Waals surface area contributed by atoms with Gasteiger partial charge in [0.25, 0.3) is 6.71 Å². The van der Waals surface area contributed by atoms with Gasteiger partial charge in [0.05, 0.1) is 16.8 Å². The van der Waals surface area contributed by atoms with E-state index in [0.29, 0.717) is 0 Å². The Bertz CT molecular complexity index is 3620.